The molecule has 2 aromatic rings. The third kappa shape index (κ3) is 2.03. The van der Waals surface area contributed by atoms with Gasteiger partial charge in [0.15, 0.2) is 0 Å². The summed E-state index contributed by atoms with van der Waals surface area (Å²) in [6.07, 6.45) is 6.77. The van der Waals surface area contributed by atoms with E-state index in [-0.39, 0.29) is 12.0 Å². The number of benzene rings is 1. The zero-order valence-electron chi connectivity index (χ0n) is 10.9. The fraction of sp³-hybridized carbons (Fsp3) is 0.333. The van der Waals surface area contributed by atoms with Crippen LogP contribution >= 0.6 is 0 Å². The zero-order chi connectivity index (χ0) is 13.2. The van der Waals surface area contributed by atoms with Crippen molar-refractivity contribution >= 4 is 5.97 Å². The van der Waals surface area contributed by atoms with Crippen LogP contribution in [0.3, 0.4) is 0 Å². The Morgan fingerprint density at radius 3 is 3.11 bits per heavy atom. The van der Waals surface area contributed by atoms with E-state index < -0.39 is 0 Å². The van der Waals surface area contributed by atoms with Crippen LogP contribution in [0.25, 0.3) is 0 Å². The van der Waals surface area contributed by atoms with Gasteiger partial charge in [0.25, 0.3) is 0 Å². The van der Waals surface area contributed by atoms with E-state index in [2.05, 4.69) is 23.2 Å². The molecular weight excluding hydrogens is 240 g/mol. The van der Waals surface area contributed by atoms with Gasteiger partial charge in [-0.3, -0.25) is 0 Å². The lowest BCUT2D eigenvalue weighted by molar-refractivity contribution is 0.0579. The first-order chi connectivity index (χ1) is 9.31. The number of aryl methyl sites for hydroxylation is 1. The number of imidazole rings is 1. The van der Waals surface area contributed by atoms with E-state index in [4.69, 9.17) is 4.74 Å². The molecule has 19 heavy (non-hydrogen) atoms. The van der Waals surface area contributed by atoms with Gasteiger partial charge in [0.05, 0.1) is 13.2 Å². The highest BCUT2D eigenvalue weighted by atomic mass is 16.5. The summed E-state index contributed by atoms with van der Waals surface area (Å²) in [4.78, 5) is 15.9. The topological polar surface area (TPSA) is 44.1 Å². The molecule has 1 atom stereocenters. The van der Waals surface area contributed by atoms with Crippen molar-refractivity contribution in [1.29, 1.82) is 0 Å². The first-order valence-corrected chi connectivity index (χ1v) is 6.50. The third-order valence-electron chi connectivity index (χ3n) is 3.71. The second-order valence-electron chi connectivity index (χ2n) is 4.76. The molecule has 0 aliphatic heterocycles. The molecule has 98 valence electrons. The van der Waals surface area contributed by atoms with Gasteiger partial charge in [0.1, 0.15) is 0 Å². The quantitative estimate of drug-likeness (QED) is 0.776. The minimum absolute atomic E-state index is 0.182. The summed E-state index contributed by atoms with van der Waals surface area (Å²) in [6.45, 7) is 0. The summed E-state index contributed by atoms with van der Waals surface area (Å²) in [7, 11) is 1.39. The Kier molecular flexibility index (Phi) is 3.07. The summed E-state index contributed by atoms with van der Waals surface area (Å²) >= 11 is 0. The van der Waals surface area contributed by atoms with Gasteiger partial charge in [-0.05, 0) is 30.4 Å². The van der Waals surface area contributed by atoms with E-state index in [0.29, 0.717) is 5.82 Å². The summed E-state index contributed by atoms with van der Waals surface area (Å²) in [5.41, 5.74) is 2.65. The average Bonchev–Trinajstić information content (AvgIpc) is 2.95. The number of nitrogens with zero attached hydrogens (tertiary/aromatic N) is 2. The van der Waals surface area contributed by atoms with Crippen molar-refractivity contribution in [3.8, 4) is 0 Å². The van der Waals surface area contributed by atoms with Gasteiger partial charge in [-0.2, -0.15) is 0 Å². The van der Waals surface area contributed by atoms with Crippen molar-refractivity contribution in [3.63, 3.8) is 0 Å². The van der Waals surface area contributed by atoms with Crippen LogP contribution in [0.1, 0.15) is 40.6 Å². The molecule has 0 spiro atoms. The van der Waals surface area contributed by atoms with E-state index in [0.717, 1.165) is 19.3 Å². The smallest absolute Gasteiger partial charge is 0.374 e. The van der Waals surface area contributed by atoms with Crippen LogP contribution in [0.4, 0.5) is 0 Å². The Morgan fingerprint density at radius 2 is 2.26 bits per heavy atom. The Labute approximate surface area is 112 Å². The number of methoxy groups -OCH3 is 1. The molecule has 0 bridgehead atoms. The number of aromatic nitrogens is 2. The van der Waals surface area contributed by atoms with Gasteiger partial charge in [-0.1, -0.05) is 24.3 Å². The van der Waals surface area contributed by atoms with Crippen LogP contribution in [-0.4, -0.2) is 22.6 Å². The van der Waals surface area contributed by atoms with Crippen LogP contribution in [0.15, 0.2) is 36.7 Å². The first kappa shape index (κ1) is 12.0. The summed E-state index contributed by atoms with van der Waals surface area (Å²) in [5.74, 6) is -0.00254. The van der Waals surface area contributed by atoms with Crippen molar-refractivity contribution < 1.29 is 9.53 Å². The van der Waals surface area contributed by atoms with Crippen molar-refractivity contribution in [2.75, 3.05) is 7.11 Å². The number of fused-ring (bicyclic) bond motifs is 1. The number of rotatable bonds is 2. The Hall–Kier alpha value is -2.10. The summed E-state index contributed by atoms with van der Waals surface area (Å²) in [6, 6.07) is 8.60. The Balaban J connectivity index is 2.05. The van der Waals surface area contributed by atoms with Crippen LogP contribution in [0.2, 0.25) is 0 Å². The Morgan fingerprint density at radius 1 is 1.42 bits per heavy atom. The predicted molar refractivity (Wildman–Crippen MR) is 71.1 cm³/mol. The van der Waals surface area contributed by atoms with Crippen LogP contribution in [-0.2, 0) is 11.2 Å². The lowest BCUT2D eigenvalue weighted by atomic mass is 9.87. The molecule has 1 aliphatic carbocycles. The van der Waals surface area contributed by atoms with Crippen molar-refractivity contribution in [1.82, 2.24) is 9.55 Å². The fourth-order valence-corrected chi connectivity index (χ4v) is 2.83. The van der Waals surface area contributed by atoms with Crippen molar-refractivity contribution in [2.24, 2.45) is 0 Å². The molecule has 4 nitrogen and oxygen atoms in total. The van der Waals surface area contributed by atoms with Crippen LogP contribution in [0, 0.1) is 0 Å². The van der Waals surface area contributed by atoms with E-state index in [1.807, 2.05) is 16.8 Å². The highest BCUT2D eigenvalue weighted by Crippen LogP contribution is 2.33. The fourth-order valence-electron chi connectivity index (χ4n) is 2.83. The van der Waals surface area contributed by atoms with Gasteiger partial charge in [-0.15, -0.1) is 0 Å². The lowest BCUT2D eigenvalue weighted by Gasteiger charge is -2.27. The van der Waals surface area contributed by atoms with Gasteiger partial charge in [0.2, 0.25) is 5.82 Å². The van der Waals surface area contributed by atoms with Gasteiger partial charge < -0.3 is 9.30 Å². The molecule has 1 aromatic heterocycles. The number of hydrogen-bond acceptors (Lipinski definition) is 3. The highest BCUT2D eigenvalue weighted by molar-refractivity contribution is 5.85. The Bertz CT molecular complexity index is 604. The van der Waals surface area contributed by atoms with E-state index in [1.165, 1.54) is 18.2 Å². The number of hydrogen-bond donors (Lipinski definition) is 0. The molecule has 0 fully saturated rings. The summed E-state index contributed by atoms with van der Waals surface area (Å²) in [5, 5.41) is 0. The monoisotopic (exact) mass is 256 g/mol. The van der Waals surface area contributed by atoms with Gasteiger partial charge in [0, 0.05) is 12.4 Å². The molecule has 0 unspecified atom stereocenters. The molecule has 0 amide bonds. The maximum Gasteiger partial charge on any atom is 0.374 e. The van der Waals surface area contributed by atoms with Gasteiger partial charge in [-0.25, -0.2) is 9.78 Å². The van der Waals surface area contributed by atoms with Crippen molar-refractivity contribution in [3.05, 3.63) is 53.6 Å². The minimum Gasteiger partial charge on any atom is -0.463 e. The molecule has 0 saturated carbocycles. The number of ether oxygens (including phenoxy) is 1. The van der Waals surface area contributed by atoms with E-state index >= 15 is 0 Å². The number of carbonyl (C=O) groups excluding carboxylic acids is 1. The molecule has 1 heterocycles. The second kappa shape index (κ2) is 4.88. The molecule has 0 N–H and O–H groups in total. The average molecular weight is 256 g/mol. The largest absolute Gasteiger partial charge is 0.463 e. The maximum atomic E-state index is 11.7. The first-order valence-electron chi connectivity index (χ1n) is 6.50. The standard InChI is InChI=1S/C15H16N2O2/c1-19-15(18)14-16-9-10-17(14)13-8-4-6-11-5-2-3-7-12(11)13/h2-3,5,7,9-10,13H,4,6,8H2,1H3/t13-/m0/s1. The SMILES string of the molecule is COC(=O)c1nccn1[C@H]1CCCc2ccccc21. The second-order valence-corrected chi connectivity index (χ2v) is 4.76. The molecule has 0 saturated heterocycles. The van der Waals surface area contributed by atoms with Gasteiger partial charge >= 0.3 is 5.97 Å². The van der Waals surface area contributed by atoms with Crippen molar-refractivity contribution in [2.45, 2.75) is 25.3 Å². The molecule has 0 radical (unpaired) electrons. The maximum absolute atomic E-state index is 11.7. The van der Waals surface area contributed by atoms with E-state index in [1.54, 1.807) is 6.20 Å². The lowest BCUT2D eigenvalue weighted by Crippen LogP contribution is -2.21. The molecule has 4 heteroatoms. The normalized spacial score (nSPS) is 17.8. The summed E-state index contributed by atoms with van der Waals surface area (Å²) < 4.78 is 6.73. The number of carbonyl (C=O) groups is 1. The minimum atomic E-state index is -0.381. The highest BCUT2D eigenvalue weighted by Gasteiger charge is 2.25. The van der Waals surface area contributed by atoms with Crippen LogP contribution < -0.4 is 0 Å². The van der Waals surface area contributed by atoms with Crippen LogP contribution in [0.5, 0.6) is 0 Å². The number of esters is 1. The van der Waals surface area contributed by atoms with E-state index in [9.17, 15) is 4.79 Å². The zero-order valence-corrected chi connectivity index (χ0v) is 10.9. The third-order valence-corrected chi connectivity index (χ3v) is 3.71. The molecule has 1 aliphatic rings. The molecular formula is C15H16N2O2. The molecule has 1 aromatic carbocycles. The predicted octanol–water partition coefficient (Wildman–Crippen LogP) is 2.60. The molecule has 3 rings (SSSR count).